The first kappa shape index (κ1) is 19.0. The number of nitrogens with zero attached hydrogens (tertiary/aromatic N) is 2. The van der Waals surface area contributed by atoms with Gasteiger partial charge in [-0.2, -0.15) is 4.98 Å². The molecule has 1 aromatic carbocycles. The van der Waals surface area contributed by atoms with Crippen LogP contribution >= 0.6 is 0 Å². The van der Waals surface area contributed by atoms with Crippen LogP contribution in [0.2, 0.25) is 0 Å². The van der Waals surface area contributed by atoms with E-state index in [4.69, 9.17) is 9.47 Å². The van der Waals surface area contributed by atoms with Crippen molar-refractivity contribution < 1.29 is 19.5 Å². The number of rotatable bonds is 7. The molecule has 0 amide bonds. The van der Waals surface area contributed by atoms with E-state index in [0.717, 1.165) is 5.56 Å². The first-order valence-corrected chi connectivity index (χ1v) is 7.78. The summed E-state index contributed by atoms with van der Waals surface area (Å²) in [6.07, 6.45) is 3.02. The van der Waals surface area contributed by atoms with Crippen LogP contribution in [0.25, 0.3) is 12.2 Å². The summed E-state index contributed by atoms with van der Waals surface area (Å²) in [6.45, 7) is 4.63. The minimum absolute atomic E-state index is 0.0165. The van der Waals surface area contributed by atoms with Gasteiger partial charge in [-0.25, -0.2) is 0 Å². The standard InChI is InChI=1S/C17H19N3O6/c1-10(2)9-26-12-6-4-11(8-13(12)25-3)5-7-14-18-16(21)15(20(23)24)17(22)19-14/h4-8,10H,9H2,1-3H3,(H2,18,19,21,22)/b7-5+. The molecule has 2 rings (SSSR count). The summed E-state index contributed by atoms with van der Waals surface area (Å²) in [5.74, 6) is 0.571. The number of benzene rings is 1. The highest BCUT2D eigenvalue weighted by Gasteiger charge is 2.21. The molecular weight excluding hydrogens is 342 g/mol. The van der Waals surface area contributed by atoms with Crippen LogP contribution in [0.4, 0.5) is 5.69 Å². The average molecular weight is 361 g/mol. The Morgan fingerprint density at radius 2 is 2.08 bits per heavy atom. The van der Waals surface area contributed by atoms with Crippen LogP contribution in [-0.2, 0) is 0 Å². The molecule has 0 saturated heterocycles. The first-order chi connectivity index (χ1) is 12.3. The summed E-state index contributed by atoms with van der Waals surface area (Å²) < 4.78 is 11.0. The Balaban J connectivity index is 2.25. The molecule has 0 radical (unpaired) electrons. The van der Waals surface area contributed by atoms with Crippen molar-refractivity contribution >= 4 is 17.8 Å². The molecule has 0 atom stereocenters. The van der Waals surface area contributed by atoms with Gasteiger partial charge in [0.05, 0.1) is 18.6 Å². The van der Waals surface area contributed by atoms with Crippen LogP contribution in [0.15, 0.2) is 23.0 Å². The molecule has 0 unspecified atom stereocenters. The molecule has 0 aliphatic heterocycles. The van der Waals surface area contributed by atoms with Crippen molar-refractivity contribution in [2.24, 2.45) is 5.92 Å². The lowest BCUT2D eigenvalue weighted by atomic mass is 10.2. The zero-order valence-corrected chi connectivity index (χ0v) is 14.6. The zero-order chi connectivity index (χ0) is 19.3. The first-order valence-electron chi connectivity index (χ1n) is 7.78. The maximum absolute atomic E-state index is 11.6. The van der Waals surface area contributed by atoms with Gasteiger partial charge >= 0.3 is 11.2 Å². The molecule has 9 heteroatoms. The van der Waals surface area contributed by atoms with Gasteiger partial charge in [0.2, 0.25) is 0 Å². The minimum atomic E-state index is -1.03. The SMILES string of the molecule is COc1cc(/C=C/c2nc(O)c([N+](=O)[O-])c(=O)[nH]2)ccc1OCC(C)C. The van der Waals surface area contributed by atoms with Gasteiger partial charge in [0.1, 0.15) is 5.82 Å². The number of ether oxygens (including phenoxy) is 2. The van der Waals surface area contributed by atoms with Gasteiger partial charge in [0.15, 0.2) is 11.5 Å². The predicted molar refractivity (Wildman–Crippen MR) is 95.4 cm³/mol. The van der Waals surface area contributed by atoms with Gasteiger partial charge in [-0.3, -0.25) is 14.9 Å². The Labute approximate surface area is 149 Å². The van der Waals surface area contributed by atoms with Crippen LogP contribution in [0.3, 0.4) is 0 Å². The van der Waals surface area contributed by atoms with Crippen LogP contribution in [0.1, 0.15) is 25.2 Å². The molecular formula is C17H19N3O6. The van der Waals surface area contributed by atoms with Crippen LogP contribution < -0.4 is 15.0 Å². The number of aromatic nitrogens is 2. The quantitative estimate of drug-likeness (QED) is 0.573. The van der Waals surface area contributed by atoms with Crippen LogP contribution in [-0.4, -0.2) is 33.7 Å². The van der Waals surface area contributed by atoms with Crippen molar-refractivity contribution in [1.29, 1.82) is 0 Å². The smallest absolute Gasteiger partial charge is 0.395 e. The average Bonchev–Trinajstić information content (AvgIpc) is 2.57. The fraction of sp³-hybridized carbons (Fsp3) is 0.294. The summed E-state index contributed by atoms with van der Waals surface area (Å²) in [6, 6.07) is 5.26. The summed E-state index contributed by atoms with van der Waals surface area (Å²) in [5, 5.41) is 20.2. The van der Waals surface area contributed by atoms with E-state index in [1.165, 1.54) is 13.2 Å². The third-order valence-corrected chi connectivity index (χ3v) is 3.27. The van der Waals surface area contributed by atoms with E-state index in [1.807, 2.05) is 13.8 Å². The number of methoxy groups -OCH3 is 1. The number of hydrogen-bond acceptors (Lipinski definition) is 7. The van der Waals surface area contributed by atoms with Gasteiger partial charge in [-0.15, -0.1) is 0 Å². The van der Waals surface area contributed by atoms with E-state index in [2.05, 4.69) is 9.97 Å². The van der Waals surface area contributed by atoms with Crippen LogP contribution in [0.5, 0.6) is 17.4 Å². The fourth-order valence-corrected chi connectivity index (χ4v) is 2.05. The molecule has 0 spiro atoms. The summed E-state index contributed by atoms with van der Waals surface area (Å²) in [4.78, 5) is 27.1. The molecule has 26 heavy (non-hydrogen) atoms. The van der Waals surface area contributed by atoms with Crippen molar-refractivity contribution in [3.63, 3.8) is 0 Å². The van der Waals surface area contributed by atoms with Gasteiger partial charge in [0, 0.05) is 0 Å². The second kappa shape index (κ2) is 8.15. The molecule has 0 saturated carbocycles. The highest BCUT2D eigenvalue weighted by molar-refractivity contribution is 5.68. The van der Waals surface area contributed by atoms with E-state index < -0.39 is 22.0 Å². The summed E-state index contributed by atoms with van der Waals surface area (Å²) >= 11 is 0. The van der Waals surface area contributed by atoms with E-state index >= 15 is 0 Å². The monoisotopic (exact) mass is 361 g/mol. The van der Waals surface area contributed by atoms with E-state index in [9.17, 15) is 20.0 Å². The Hall–Kier alpha value is -3.36. The van der Waals surface area contributed by atoms with E-state index in [-0.39, 0.29) is 5.82 Å². The van der Waals surface area contributed by atoms with Gasteiger partial charge in [0.25, 0.3) is 5.88 Å². The van der Waals surface area contributed by atoms with Crippen molar-refractivity contribution in [2.45, 2.75) is 13.8 Å². The van der Waals surface area contributed by atoms with Crippen molar-refractivity contribution in [3.8, 4) is 17.4 Å². The summed E-state index contributed by atoms with van der Waals surface area (Å²) in [7, 11) is 1.53. The zero-order valence-electron chi connectivity index (χ0n) is 14.6. The highest BCUT2D eigenvalue weighted by Crippen LogP contribution is 2.29. The number of hydrogen-bond donors (Lipinski definition) is 2. The normalized spacial score (nSPS) is 11.1. The van der Waals surface area contributed by atoms with E-state index in [1.54, 1.807) is 24.3 Å². The third-order valence-electron chi connectivity index (χ3n) is 3.27. The maximum Gasteiger partial charge on any atom is 0.395 e. The summed E-state index contributed by atoms with van der Waals surface area (Å²) in [5.41, 5.74) is -1.30. The molecule has 0 aliphatic carbocycles. The Bertz CT molecular complexity index is 889. The molecule has 138 valence electrons. The van der Waals surface area contributed by atoms with Gasteiger partial charge in [-0.05, 0) is 29.7 Å². The van der Waals surface area contributed by atoms with Crippen molar-refractivity contribution in [2.75, 3.05) is 13.7 Å². The Kier molecular flexibility index (Phi) is 5.94. The van der Waals surface area contributed by atoms with Crippen molar-refractivity contribution in [3.05, 3.63) is 50.1 Å². The number of H-pyrrole nitrogens is 1. The van der Waals surface area contributed by atoms with Gasteiger partial charge < -0.3 is 19.6 Å². The maximum atomic E-state index is 11.6. The lowest BCUT2D eigenvalue weighted by molar-refractivity contribution is -0.387. The Morgan fingerprint density at radius 3 is 2.65 bits per heavy atom. The molecule has 1 heterocycles. The molecule has 0 aliphatic rings. The minimum Gasteiger partial charge on any atom is -0.493 e. The number of aromatic hydroxyl groups is 1. The molecule has 0 bridgehead atoms. The fourth-order valence-electron chi connectivity index (χ4n) is 2.05. The predicted octanol–water partition coefficient (Wildman–Crippen LogP) is 2.60. The molecule has 2 N–H and O–H groups in total. The topological polar surface area (TPSA) is 128 Å². The van der Waals surface area contributed by atoms with Crippen molar-refractivity contribution in [1.82, 2.24) is 9.97 Å². The Morgan fingerprint density at radius 1 is 1.35 bits per heavy atom. The lowest BCUT2D eigenvalue weighted by Crippen LogP contribution is -2.14. The van der Waals surface area contributed by atoms with Gasteiger partial charge in [-0.1, -0.05) is 26.0 Å². The third kappa shape index (κ3) is 4.59. The van der Waals surface area contributed by atoms with Crippen LogP contribution in [0, 0.1) is 16.0 Å². The number of nitro groups is 1. The molecule has 2 aromatic rings. The molecule has 1 aromatic heterocycles. The largest absolute Gasteiger partial charge is 0.493 e. The number of nitrogens with one attached hydrogen (secondary N) is 1. The second-order valence-electron chi connectivity index (χ2n) is 5.83. The van der Waals surface area contributed by atoms with E-state index in [0.29, 0.717) is 24.0 Å². The lowest BCUT2D eigenvalue weighted by Gasteiger charge is -2.12. The number of aromatic amines is 1. The molecule has 0 fully saturated rings. The molecule has 9 nitrogen and oxygen atoms in total. The second-order valence-corrected chi connectivity index (χ2v) is 5.83. The highest BCUT2D eigenvalue weighted by atomic mass is 16.6.